The first kappa shape index (κ1) is 16.3. The molecule has 2 aliphatic heterocycles. The topological polar surface area (TPSA) is 81.8 Å². The van der Waals surface area contributed by atoms with Crippen LogP contribution < -0.4 is 10.9 Å². The smallest absolute Gasteiger partial charge is 0.324 e. The van der Waals surface area contributed by atoms with E-state index >= 15 is 0 Å². The Morgan fingerprint density at radius 1 is 0.923 bits per heavy atom. The van der Waals surface area contributed by atoms with Crippen molar-refractivity contribution in [1.82, 2.24) is 20.7 Å². The van der Waals surface area contributed by atoms with E-state index < -0.39 is 17.8 Å². The monoisotopic (exact) mass is 350 g/mol. The van der Waals surface area contributed by atoms with Crippen LogP contribution in [0.25, 0.3) is 10.8 Å². The van der Waals surface area contributed by atoms with E-state index in [2.05, 4.69) is 16.9 Å². The number of likely N-dealkylation sites (N-methyl/N-ethyl adjacent to an activating group) is 2. The lowest BCUT2D eigenvalue weighted by Crippen LogP contribution is -2.53. The predicted molar refractivity (Wildman–Crippen MR) is 95.5 cm³/mol. The number of benzene rings is 2. The number of imide groups is 2. The summed E-state index contributed by atoms with van der Waals surface area (Å²) in [5.74, 6) is -1.16. The van der Waals surface area contributed by atoms with E-state index in [0.29, 0.717) is 12.1 Å². The number of nitrogens with zero attached hydrogens (tertiary/aromatic N) is 2. The van der Waals surface area contributed by atoms with E-state index in [1.54, 1.807) is 0 Å². The van der Waals surface area contributed by atoms with Gasteiger partial charge in [-0.2, -0.15) is 0 Å². The zero-order chi connectivity index (χ0) is 18.4. The van der Waals surface area contributed by atoms with Crippen molar-refractivity contribution in [2.75, 3.05) is 14.1 Å². The first-order valence-corrected chi connectivity index (χ1v) is 8.31. The van der Waals surface area contributed by atoms with Crippen LogP contribution in [0.3, 0.4) is 0 Å². The first-order chi connectivity index (χ1) is 12.5. The maximum atomic E-state index is 12.5. The summed E-state index contributed by atoms with van der Waals surface area (Å²) in [6, 6.07) is 13.4. The third-order valence-electron chi connectivity index (χ3n) is 4.92. The van der Waals surface area contributed by atoms with Gasteiger partial charge in [0.1, 0.15) is 5.57 Å². The molecule has 2 aliphatic rings. The molecule has 2 fully saturated rings. The van der Waals surface area contributed by atoms with Crippen LogP contribution in [-0.4, -0.2) is 41.7 Å². The number of amides is 4. The van der Waals surface area contributed by atoms with Crippen molar-refractivity contribution >= 4 is 28.6 Å². The molecule has 0 radical (unpaired) electrons. The maximum absolute atomic E-state index is 12.5. The van der Waals surface area contributed by atoms with Crippen LogP contribution in [0.1, 0.15) is 18.0 Å². The second kappa shape index (κ2) is 5.96. The van der Waals surface area contributed by atoms with Crippen molar-refractivity contribution in [2.24, 2.45) is 0 Å². The van der Waals surface area contributed by atoms with Crippen LogP contribution in [-0.2, 0) is 9.59 Å². The average molecular weight is 350 g/mol. The molecule has 0 aliphatic carbocycles. The summed E-state index contributed by atoms with van der Waals surface area (Å²) in [6.45, 7) is 0. The van der Waals surface area contributed by atoms with Crippen LogP contribution >= 0.6 is 0 Å². The molecule has 7 heteroatoms. The van der Waals surface area contributed by atoms with Gasteiger partial charge in [-0.25, -0.2) is 10.2 Å². The number of fused-ring (bicyclic) bond motifs is 1. The van der Waals surface area contributed by atoms with Crippen molar-refractivity contribution in [3.63, 3.8) is 0 Å². The standard InChI is InChI=1S/C19H18N4O3/c1-22-17(24)16(18(25)23(2)19(22)26)15-10-14(20-21-15)13-9-5-7-11-6-3-4-8-12(11)13/h3-9,14,20-21H,10H2,1-2H3. The molecule has 1 unspecified atom stereocenters. The van der Waals surface area contributed by atoms with Gasteiger partial charge in [-0.05, 0) is 16.3 Å². The van der Waals surface area contributed by atoms with Gasteiger partial charge in [0.25, 0.3) is 11.8 Å². The summed E-state index contributed by atoms with van der Waals surface area (Å²) >= 11 is 0. The molecule has 0 bridgehead atoms. The molecule has 2 aromatic rings. The molecule has 4 rings (SSSR count). The normalized spacial score (nSPS) is 21.0. The first-order valence-electron chi connectivity index (χ1n) is 8.31. The number of hydrazine groups is 1. The maximum Gasteiger partial charge on any atom is 0.333 e. The van der Waals surface area contributed by atoms with Crippen LogP contribution in [0.5, 0.6) is 0 Å². The quantitative estimate of drug-likeness (QED) is 0.604. The molecule has 26 heavy (non-hydrogen) atoms. The average Bonchev–Trinajstić information content (AvgIpc) is 3.14. The molecule has 2 saturated heterocycles. The van der Waals surface area contributed by atoms with Crippen molar-refractivity contribution in [3.05, 3.63) is 59.3 Å². The van der Waals surface area contributed by atoms with Gasteiger partial charge in [0.05, 0.1) is 6.04 Å². The van der Waals surface area contributed by atoms with Crippen LogP contribution in [0.2, 0.25) is 0 Å². The van der Waals surface area contributed by atoms with E-state index in [4.69, 9.17) is 0 Å². The van der Waals surface area contributed by atoms with E-state index in [1.165, 1.54) is 14.1 Å². The molecule has 7 nitrogen and oxygen atoms in total. The van der Waals surface area contributed by atoms with E-state index in [9.17, 15) is 14.4 Å². The molecule has 132 valence electrons. The summed E-state index contributed by atoms with van der Waals surface area (Å²) in [7, 11) is 2.75. The number of urea groups is 1. The Morgan fingerprint density at radius 2 is 1.58 bits per heavy atom. The minimum Gasteiger partial charge on any atom is -0.324 e. The highest BCUT2D eigenvalue weighted by Gasteiger charge is 2.41. The molecule has 2 aromatic carbocycles. The molecule has 0 saturated carbocycles. The molecular formula is C19H18N4O3. The van der Waals surface area contributed by atoms with Crippen molar-refractivity contribution in [2.45, 2.75) is 12.5 Å². The molecule has 2 N–H and O–H groups in total. The van der Waals surface area contributed by atoms with Gasteiger partial charge in [-0.1, -0.05) is 42.5 Å². The van der Waals surface area contributed by atoms with E-state index in [1.807, 2.05) is 36.4 Å². The highest BCUT2D eigenvalue weighted by Crippen LogP contribution is 2.32. The predicted octanol–water partition coefficient (Wildman–Crippen LogP) is 1.68. The van der Waals surface area contributed by atoms with Gasteiger partial charge < -0.3 is 5.43 Å². The largest absolute Gasteiger partial charge is 0.333 e. The van der Waals surface area contributed by atoms with Gasteiger partial charge in [-0.3, -0.25) is 19.4 Å². The van der Waals surface area contributed by atoms with Crippen molar-refractivity contribution < 1.29 is 14.4 Å². The summed E-state index contributed by atoms with van der Waals surface area (Å²) in [5.41, 5.74) is 7.73. The third-order valence-corrected chi connectivity index (χ3v) is 4.92. The highest BCUT2D eigenvalue weighted by atomic mass is 16.2. The fourth-order valence-electron chi connectivity index (χ4n) is 3.47. The van der Waals surface area contributed by atoms with Crippen molar-refractivity contribution in [1.29, 1.82) is 0 Å². The Hall–Kier alpha value is -3.19. The van der Waals surface area contributed by atoms with Crippen LogP contribution in [0.4, 0.5) is 4.79 Å². The van der Waals surface area contributed by atoms with E-state index in [-0.39, 0.29) is 11.6 Å². The Kier molecular flexibility index (Phi) is 3.73. The number of barbiturate groups is 1. The summed E-state index contributed by atoms with van der Waals surface area (Å²) in [6.07, 6.45) is 0.455. The number of rotatable bonds is 1. The fraction of sp³-hybridized carbons (Fsp3) is 0.211. The van der Waals surface area contributed by atoms with E-state index in [0.717, 1.165) is 26.1 Å². The molecule has 0 aromatic heterocycles. The third kappa shape index (κ3) is 2.36. The zero-order valence-electron chi connectivity index (χ0n) is 14.4. The Balaban J connectivity index is 1.72. The summed E-state index contributed by atoms with van der Waals surface area (Å²) in [4.78, 5) is 38.7. The molecule has 2 heterocycles. The Morgan fingerprint density at radius 3 is 2.31 bits per heavy atom. The minimum absolute atomic E-state index is 0.00448. The number of hydrogen-bond acceptors (Lipinski definition) is 5. The van der Waals surface area contributed by atoms with Crippen molar-refractivity contribution in [3.8, 4) is 0 Å². The Labute approximate surface area is 150 Å². The summed E-state index contributed by atoms with van der Waals surface area (Å²) < 4.78 is 0. The van der Waals surface area contributed by atoms with Gasteiger partial charge in [0.15, 0.2) is 0 Å². The van der Waals surface area contributed by atoms with Gasteiger partial charge in [-0.15, -0.1) is 0 Å². The highest BCUT2D eigenvalue weighted by molar-refractivity contribution is 6.28. The second-order valence-corrected chi connectivity index (χ2v) is 6.46. The van der Waals surface area contributed by atoms with Crippen LogP contribution in [0, 0.1) is 0 Å². The molecule has 0 spiro atoms. The van der Waals surface area contributed by atoms with Gasteiger partial charge in [0.2, 0.25) is 0 Å². The zero-order valence-corrected chi connectivity index (χ0v) is 14.4. The number of carbonyl (C=O) groups excluding carboxylic acids is 3. The molecule has 1 atom stereocenters. The lowest BCUT2D eigenvalue weighted by Gasteiger charge is -2.29. The SMILES string of the molecule is CN1C(=O)C(=C2CC(c3cccc4ccccc34)NN2)C(=O)N(C)C1=O. The summed E-state index contributed by atoms with van der Waals surface area (Å²) in [5, 5.41) is 2.24. The van der Waals surface area contributed by atoms with Gasteiger partial charge >= 0.3 is 6.03 Å². The lowest BCUT2D eigenvalue weighted by molar-refractivity contribution is -0.134. The number of hydrogen-bond donors (Lipinski definition) is 2. The van der Waals surface area contributed by atoms with Gasteiger partial charge in [0, 0.05) is 26.2 Å². The lowest BCUT2D eigenvalue weighted by atomic mass is 9.96. The fourth-order valence-corrected chi connectivity index (χ4v) is 3.47. The molecular weight excluding hydrogens is 332 g/mol. The molecule has 4 amide bonds. The number of carbonyl (C=O) groups is 3. The number of nitrogens with one attached hydrogen (secondary N) is 2. The second-order valence-electron chi connectivity index (χ2n) is 6.46. The van der Waals surface area contributed by atoms with Crippen LogP contribution in [0.15, 0.2) is 53.7 Å². The Bertz CT molecular complexity index is 950. The minimum atomic E-state index is -0.624.